The van der Waals surface area contributed by atoms with Crippen molar-refractivity contribution in [3.63, 3.8) is 0 Å². The average Bonchev–Trinajstić information content (AvgIpc) is 3.35. The molecule has 0 radical (unpaired) electrons. The van der Waals surface area contributed by atoms with E-state index in [4.69, 9.17) is 5.11 Å². The Morgan fingerprint density at radius 1 is 1.25 bits per heavy atom. The van der Waals surface area contributed by atoms with E-state index in [9.17, 15) is 14.3 Å². The Balaban J connectivity index is 1.26. The number of nitrogens with zero attached hydrogens (tertiary/aromatic N) is 2. The van der Waals surface area contributed by atoms with Crippen molar-refractivity contribution in [3.05, 3.63) is 42.1 Å². The molecule has 2 aromatic rings. The minimum atomic E-state index is -0.533. The van der Waals surface area contributed by atoms with E-state index in [-0.39, 0.29) is 29.8 Å². The summed E-state index contributed by atoms with van der Waals surface area (Å²) in [5.74, 6) is 1.47. The van der Waals surface area contributed by atoms with E-state index in [2.05, 4.69) is 4.98 Å². The Hall–Kier alpha value is -2.05. The molecule has 4 aliphatic carbocycles. The SMILES string of the molecule is O=C(CCCO)C1C2CC3CC1CC(C(O)CC1c4c(F)cccc4-c4cncn41)(C3)C2. The summed E-state index contributed by atoms with van der Waals surface area (Å²) in [6.45, 7) is 0.0642. The number of halogens is 1. The van der Waals surface area contributed by atoms with Crippen molar-refractivity contribution in [2.24, 2.45) is 29.1 Å². The van der Waals surface area contributed by atoms with Gasteiger partial charge in [-0.1, -0.05) is 12.1 Å². The Bertz CT molecular complexity index is 1030. The number of fused-ring (bicyclic) bond motifs is 3. The first-order valence-electron chi connectivity index (χ1n) is 12.1. The van der Waals surface area contributed by atoms with Crippen molar-refractivity contribution in [1.82, 2.24) is 9.55 Å². The molecule has 1 aromatic heterocycles. The van der Waals surface area contributed by atoms with E-state index < -0.39 is 6.10 Å². The molecule has 0 amide bonds. The van der Waals surface area contributed by atoms with Crippen LogP contribution < -0.4 is 0 Å². The lowest BCUT2D eigenvalue weighted by Crippen LogP contribution is -2.57. The first-order chi connectivity index (χ1) is 15.5. The van der Waals surface area contributed by atoms with Gasteiger partial charge in [0.25, 0.3) is 0 Å². The van der Waals surface area contributed by atoms with Gasteiger partial charge in [0.05, 0.1) is 30.4 Å². The van der Waals surface area contributed by atoms with Gasteiger partial charge in [0.15, 0.2) is 0 Å². The zero-order chi connectivity index (χ0) is 22.0. The van der Waals surface area contributed by atoms with Gasteiger partial charge in [-0.25, -0.2) is 9.37 Å². The van der Waals surface area contributed by atoms with Crippen LogP contribution in [0, 0.1) is 34.9 Å². The summed E-state index contributed by atoms with van der Waals surface area (Å²) in [5.41, 5.74) is 2.29. The molecule has 2 heterocycles. The number of ketones is 1. The predicted octanol–water partition coefficient (Wildman–Crippen LogP) is 4.13. The molecule has 6 heteroatoms. The highest BCUT2D eigenvalue weighted by Crippen LogP contribution is 2.64. The van der Waals surface area contributed by atoms with Crippen LogP contribution >= 0.6 is 0 Å². The number of carbonyl (C=O) groups is 1. The highest BCUT2D eigenvalue weighted by molar-refractivity contribution is 5.82. The number of rotatable bonds is 7. The van der Waals surface area contributed by atoms with Gasteiger partial charge in [-0.05, 0) is 74.2 Å². The van der Waals surface area contributed by atoms with Gasteiger partial charge >= 0.3 is 0 Å². The average molecular weight is 439 g/mol. The van der Waals surface area contributed by atoms with Gasteiger partial charge in [0.1, 0.15) is 11.6 Å². The summed E-state index contributed by atoms with van der Waals surface area (Å²) in [7, 11) is 0. The summed E-state index contributed by atoms with van der Waals surface area (Å²) in [5, 5.41) is 20.8. The number of carbonyl (C=O) groups excluding carboxylic acids is 1. The second kappa shape index (κ2) is 7.49. The minimum Gasteiger partial charge on any atom is -0.396 e. The van der Waals surface area contributed by atoms with Crippen molar-refractivity contribution >= 4 is 5.78 Å². The molecule has 4 bridgehead atoms. The number of aromatic nitrogens is 2. The fraction of sp³-hybridized carbons (Fsp3) is 0.615. The molecular formula is C26H31FN2O3. The van der Waals surface area contributed by atoms with E-state index in [0.717, 1.165) is 43.4 Å². The second-order valence-corrected chi connectivity index (χ2v) is 10.8. The van der Waals surface area contributed by atoms with Crippen LogP contribution in [-0.4, -0.2) is 38.3 Å². The maximum atomic E-state index is 14.9. The van der Waals surface area contributed by atoms with Gasteiger partial charge < -0.3 is 14.8 Å². The fourth-order valence-corrected chi connectivity index (χ4v) is 8.13. The van der Waals surface area contributed by atoms with Gasteiger partial charge in [0, 0.05) is 30.1 Å². The normalized spacial score (nSPS) is 35.0. The molecule has 7 rings (SSSR count). The van der Waals surface area contributed by atoms with Crippen molar-refractivity contribution in [1.29, 1.82) is 0 Å². The molecule has 4 fully saturated rings. The molecule has 5 nitrogen and oxygen atoms in total. The highest BCUT2D eigenvalue weighted by Gasteiger charge is 2.59. The zero-order valence-electron chi connectivity index (χ0n) is 18.3. The van der Waals surface area contributed by atoms with Crippen LogP contribution in [0.4, 0.5) is 4.39 Å². The molecule has 4 saturated carbocycles. The number of hydrogen-bond donors (Lipinski definition) is 2. The number of Topliss-reactive ketones (excluding diaryl/α,β-unsaturated/α-hetero) is 1. The van der Waals surface area contributed by atoms with Crippen molar-refractivity contribution in [2.75, 3.05) is 6.61 Å². The quantitative estimate of drug-likeness (QED) is 0.682. The second-order valence-electron chi connectivity index (χ2n) is 10.8. The number of hydrogen-bond acceptors (Lipinski definition) is 4. The number of benzene rings is 1. The van der Waals surface area contributed by atoms with E-state index in [1.807, 2.05) is 10.6 Å². The molecule has 4 unspecified atom stereocenters. The molecule has 170 valence electrons. The first-order valence-corrected chi connectivity index (χ1v) is 12.1. The maximum Gasteiger partial charge on any atom is 0.136 e. The van der Waals surface area contributed by atoms with Crippen molar-refractivity contribution in [3.8, 4) is 11.3 Å². The van der Waals surface area contributed by atoms with Gasteiger partial charge in [0.2, 0.25) is 0 Å². The van der Waals surface area contributed by atoms with Gasteiger partial charge in [-0.15, -0.1) is 0 Å². The molecular weight excluding hydrogens is 407 g/mol. The largest absolute Gasteiger partial charge is 0.396 e. The monoisotopic (exact) mass is 438 g/mol. The summed E-state index contributed by atoms with van der Waals surface area (Å²) in [6.07, 6.45) is 9.48. The summed E-state index contributed by atoms with van der Waals surface area (Å²) >= 11 is 0. The molecule has 5 aliphatic rings. The number of aliphatic hydroxyl groups excluding tert-OH is 2. The smallest absolute Gasteiger partial charge is 0.136 e. The molecule has 1 aliphatic heterocycles. The number of aliphatic hydroxyl groups is 2. The van der Waals surface area contributed by atoms with E-state index in [1.165, 1.54) is 6.07 Å². The minimum absolute atomic E-state index is 0.0642. The number of imidazole rings is 1. The molecule has 0 saturated heterocycles. The standard InChI is InChI=1S/C26H31FN2O3/c27-19-4-1-3-18-21-13-28-14-29(21)20(25(18)19)9-23(32)26-10-15-7-16(11-26)24(17(8-15)12-26)22(31)5-2-6-30/h1,3-4,13-17,20,23-24,30,32H,2,5-12H2. The van der Waals surface area contributed by atoms with Gasteiger partial charge in [-0.2, -0.15) is 0 Å². The predicted molar refractivity (Wildman–Crippen MR) is 117 cm³/mol. The summed E-state index contributed by atoms with van der Waals surface area (Å²) in [6, 6.07) is 4.93. The highest BCUT2D eigenvalue weighted by atomic mass is 19.1. The van der Waals surface area contributed by atoms with Crippen molar-refractivity contribution < 1.29 is 19.4 Å². The van der Waals surface area contributed by atoms with E-state index in [1.54, 1.807) is 18.6 Å². The topological polar surface area (TPSA) is 75.3 Å². The van der Waals surface area contributed by atoms with Crippen LogP contribution in [0.5, 0.6) is 0 Å². The Morgan fingerprint density at radius 3 is 2.78 bits per heavy atom. The van der Waals surface area contributed by atoms with E-state index in [0.29, 0.717) is 48.4 Å². The van der Waals surface area contributed by atoms with Gasteiger partial charge in [-0.3, -0.25) is 4.79 Å². The van der Waals surface area contributed by atoms with Crippen LogP contribution in [0.25, 0.3) is 11.3 Å². The molecule has 2 N–H and O–H groups in total. The van der Waals surface area contributed by atoms with Crippen LogP contribution in [0.2, 0.25) is 0 Å². The third kappa shape index (κ3) is 2.95. The van der Waals surface area contributed by atoms with Crippen molar-refractivity contribution in [2.45, 2.75) is 63.5 Å². The summed E-state index contributed by atoms with van der Waals surface area (Å²) in [4.78, 5) is 17.2. The van der Waals surface area contributed by atoms with Crippen LogP contribution in [0.15, 0.2) is 30.7 Å². The van der Waals surface area contributed by atoms with Crippen LogP contribution in [-0.2, 0) is 4.79 Å². The Labute approximate surface area is 187 Å². The Kier molecular flexibility index (Phi) is 4.81. The summed E-state index contributed by atoms with van der Waals surface area (Å²) < 4.78 is 16.9. The molecule has 32 heavy (non-hydrogen) atoms. The zero-order valence-corrected chi connectivity index (χ0v) is 18.3. The molecule has 1 aromatic carbocycles. The first kappa shape index (κ1) is 20.5. The van der Waals surface area contributed by atoms with Crippen LogP contribution in [0.3, 0.4) is 0 Å². The molecule has 4 atom stereocenters. The third-order valence-electron chi connectivity index (χ3n) is 9.09. The lowest BCUT2D eigenvalue weighted by atomic mass is 9.44. The molecule has 0 spiro atoms. The lowest BCUT2D eigenvalue weighted by molar-refractivity contribution is -0.163. The lowest BCUT2D eigenvalue weighted by Gasteiger charge is -2.61. The van der Waals surface area contributed by atoms with Crippen LogP contribution in [0.1, 0.15) is 63.0 Å². The third-order valence-corrected chi connectivity index (χ3v) is 9.09. The Morgan fingerprint density at radius 2 is 2.03 bits per heavy atom. The maximum absolute atomic E-state index is 14.9. The fourth-order valence-electron chi connectivity index (χ4n) is 8.13. The van der Waals surface area contributed by atoms with E-state index >= 15 is 0 Å².